The number of aromatic nitrogens is 4. The molecule has 0 radical (unpaired) electrons. The number of hydrogen-bond acceptors (Lipinski definition) is 5. The fourth-order valence-corrected chi connectivity index (χ4v) is 3.98. The molecule has 33 heavy (non-hydrogen) atoms. The number of nitrogens with one attached hydrogen (secondary N) is 1. The third-order valence-corrected chi connectivity index (χ3v) is 5.66. The zero-order valence-corrected chi connectivity index (χ0v) is 18.4. The lowest BCUT2D eigenvalue weighted by molar-refractivity contribution is -0.0378. The van der Waals surface area contributed by atoms with Gasteiger partial charge in [-0.2, -0.15) is 5.10 Å². The zero-order valence-electron chi connectivity index (χ0n) is 18.4. The van der Waals surface area contributed by atoms with Crippen LogP contribution in [-0.2, 0) is 11.8 Å². The molecule has 0 aliphatic heterocycles. The maximum atomic E-state index is 11.4. The maximum absolute atomic E-state index is 11.4. The molecule has 166 valence electrons. The number of aromatic carboxylic acids is 1. The first-order valence-electron chi connectivity index (χ1n) is 10.4. The second-order valence-electron chi connectivity index (χ2n) is 7.81. The summed E-state index contributed by atoms with van der Waals surface area (Å²) in [5.41, 5.74) is 5.44. The van der Waals surface area contributed by atoms with Crippen LogP contribution in [0, 0.1) is 0 Å². The zero-order chi connectivity index (χ0) is 23.1. The molecule has 3 heterocycles. The fraction of sp³-hybridized carbons (Fsp3) is 0.160. The van der Waals surface area contributed by atoms with Gasteiger partial charge >= 0.3 is 5.97 Å². The first kappa shape index (κ1) is 20.7. The largest absolute Gasteiger partial charge is 0.478 e. The van der Waals surface area contributed by atoms with Crippen molar-refractivity contribution < 1.29 is 19.4 Å². The van der Waals surface area contributed by atoms with Crippen molar-refractivity contribution in [2.75, 3.05) is 7.11 Å². The molecule has 2 N–H and O–H groups in total. The number of benzene rings is 2. The van der Waals surface area contributed by atoms with Gasteiger partial charge in [0.05, 0.1) is 29.2 Å². The van der Waals surface area contributed by atoms with E-state index >= 15 is 0 Å². The molecule has 8 nitrogen and oxygen atoms in total. The summed E-state index contributed by atoms with van der Waals surface area (Å²) in [5, 5.41) is 15.5. The Labute approximate surface area is 189 Å². The van der Waals surface area contributed by atoms with Gasteiger partial charge in [0, 0.05) is 47.8 Å². The van der Waals surface area contributed by atoms with E-state index in [4.69, 9.17) is 9.47 Å². The SMILES string of the molecule is COC(C)Oc1ccc2[nH]c3cnc(-c4cnn(C)c4)cc3c2c1-c1ccc(C(=O)O)cc1. The molecule has 1 atom stereocenters. The highest BCUT2D eigenvalue weighted by atomic mass is 16.7. The van der Waals surface area contributed by atoms with Crippen LogP contribution in [0.15, 0.2) is 61.1 Å². The first-order valence-corrected chi connectivity index (χ1v) is 10.4. The monoisotopic (exact) mass is 442 g/mol. The van der Waals surface area contributed by atoms with E-state index in [1.165, 1.54) is 0 Å². The summed E-state index contributed by atoms with van der Waals surface area (Å²) in [7, 11) is 3.45. The molecule has 0 aliphatic rings. The Hall–Kier alpha value is -4.17. The summed E-state index contributed by atoms with van der Waals surface area (Å²) in [4.78, 5) is 19.4. The average molecular weight is 442 g/mol. The summed E-state index contributed by atoms with van der Waals surface area (Å²) >= 11 is 0. The summed E-state index contributed by atoms with van der Waals surface area (Å²) < 4.78 is 13.2. The number of aromatic amines is 1. The number of nitrogens with zero attached hydrogens (tertiary/aromatic N) is 3. The average Bonchev–Trinajstić information content (AvgIpc) is 3.42. The highest BCUT2D eigenvalue weighted by Crippen LogP contribution is 2.42. The van der Waals surface area contributed by atoms with E-state index < -0.39 is 12.3 Å². The number of carboxylic acid groups (broad SMARTS) is 1. The number of fused-ring (bicyclic) bond motifs is 3. The van der Waals surface area contributed by atoms with Crippen LogP contribution in [0.25, 0.3) is 44.2 Å². The van der Waals surface area contributed by atoms with E-state index in [0.29, 0.717) is 5.75 Å². The summed E-state index contributed by atoms with van der Waals surface area (Å²) in [6.07, 6.45) is 5.05. The lowest BCUT2D eigenvalue weighted by atomic mass is 9.97. The number of methoxy groups -OCH3 is 1. The second kappa shape index (κ2) is 8.07. The van der Waals surface area contributed by atoms with E-state index in [0.717, 1.165) is 44.2 Å². The van der Waals surface area contributed by atoms with Crippen LogP contribution < -0.4 is 4.74 Å². The van der Waals surface area contributed by atoms with E-state index in [1.807, 2.05) is 44.6 Å². The molecule has 1 unspecified atom stereocenters. The van der Waals surface area contributed by atoms with Crippen molar-refractivity contribution in [2.45, 2.75) is 13.2 Å². The van der Waals surface area contributed by atoms with Crippen molar-refractivity contribution in [2.24, 2.45) is 7.05 Å². The highest BCUT2D eigenvalue weighted by molar-refractivity contribution is 6.16. The van der Waals surface area contributed by atoms with Crippen LogP contribution in [0.5, 0.6) is 5.75 Å². The van der Waals surface area contributed by atoms with Crippen molar-refractivity contribution >= 4 is 27.8 Å². The maximum Gasteiger partial charge on any atom is 0.335 e. The van der Waals surface area contributed by atoms with Crippen molar-refractivity contribution in [3.63, 3.8) is 0 Å². The Kier molecular flexibility index (Phi) is 5.07. The van der Waals surface area contributed by atoms with Crippen LogP contribution in [0.4, 0.5) is 0 Å². The van der Waals surface area contributed by atoms with Gasteiger partial charge in [0.15, 0.2) is 6.29 Å². The van der Waals surface area contributed by atoms with Gasteiger partial charge in [-0.25, -0.2) is 4.79 Å². The minimum atomic E-state index is -0.969. The number of hydrogen-bond donors (Lipinski definition) is 2. The topological polar surface area (TPSA) is 102 Å². The van der Waals surface area contributed by atoms with Gasteiger partial charge in [-0.05, 0) is 42.8 Å². The number of pyridine rings is 1. The van der Waals surface area contributed by atoms with E-state index in [1.54, 1.807) is 42.3 Å². The van der Waals surface area contributed by atoms with Gasteiger partial charge in [0.2, 0.25) is 0 Å². The molecule has 0 saturated heterocycles. The molecule has 5 aromatic rings. The number of rotatable bonds is 6. The lowest BCUT2D eigenvalue weighted by Crippen LogP contribution is -2.14. The normalized spacial score (nSPS) is 12.3. The quantitative estimate of drug-likeness (QED) is 0.364. The predicted octanol–water partition coefficient (Wildman–Crippen LogP) is 4.85. The highest BCUT2D eigenvalue weighted by Gasteiger charge is 2.19. The van der Waals surface area contributed by atoms with Crippen molar-refractivity contribution in [3.8, 4) is 28.1 Å². The molecule has 0 saturated carbocycles. The van der Waals surface area contributed by atoms with Crippen molar-refractivity contribution in [3.05, 3.63) is 66.6 Å². The molecule has 8 heteroatoms. The first-order chi connectivity index (χ1) is 15.9. The number of ether oxygens (including phenoxy) is 2. The van der Waals surface area contributed by atoms with Gasteiger partial charge in [-0.1, -0.05) is 12.1 Å². The lowest BCUT2D eigenvalue weighted by Gasteiger charge is -2.17. The smallest absolute Gasteiger partial charge is 0.335 e. The molecule has 0 bridgehead atoms. The minimum Gasteiger partial charge on any atom is -0.478 e. The van der Waals surface area contributed by atoms with Crippen molar-refractivity contribution in [1.82, 2.24) is 19.7 Å². The number of H-pyrrole nitrogens is 1. The van der Waals surface area contributed by atoms with Crippen LogP contribution in [0.1, 0.15) is 17.3 Å². The predicted molar refractivity (Wildman–Crippen MR) is 125 cm³/mol. The van der Waals surface area contributed by atoms with Crippen LogP contribution in [-0.4, -0.2) is 44.2 Å². The molecular weight excluding hydrogens is 420 g/mol. The summed E-state index contributed by atoms with van der Waals surface area (Å²) in [6.45, 7) is 1.82. The number of aryl methyl sites for hydroxylation is 1. The Morgan fingerprint density at radius 3 is 2.55 bits per heavy atom. The molecule has 0 fully saturated rings. The fourth-order valence-electron chi connectivity index (χ4n) is 3.98. The van der Waals surface area contributed by atoms with E-state index in [-0.39, 0.29) is 5.56 Å². The van der Waals surface area contributed by atoms with Gasteiger partial charge in [-0.3, -0.25) is 9.67 Å². The van der Waals surface area contributed by atoms with Gasteiger partial charge < -0.3 is 19.6 Å². The Bertz CT molecular complexity index is 1480. The third-order valence-electron chi connectivity index (χ3n) is 5.66. The molecule has 5 rings (SSSR count). The molecule has 0 spiro atoms. The van der Waals surface area contributed by atoms with Crippen LogP contribution in [0.2, 0.25) is 0 Å². The number of carboxylic acids is 1. The van der Waals surface area contributed by atoms with Gasteiger partial charge in [0.25, 0.3) is 0 Å². The van der Waals surface area contributed by atoms with Gasteiger partial charge in [-0.15, -0.1) is 0 Å². The van der Waals surface area contributed by atoms with Gasteiger partial charge in [0.1, 0.15) is 5.75 Å². The van der Waals surface area contributed by atoms with Crippen LogP contribution in [0.3, 0.4) is 0 Å². The molecule has 0 aliphatic carbocycles. The third kappa shape index (κ3) is 3.70. The molecule has 2 aromatic carbocycles. The summed E-state index contributed by atoms with van der Waals surface area (Å²) in [6, 6.07) is 12.7. The standard InChI is InChI=1S/C25H22N4O4/c1-14(32-3)33-22-9-8-19-24(23(22)15-4-6-16(7-5-15)25(30)31)18-10-20(26-12-21(18)28-19)17-11-27-29(2)13-17/h4-14,28H,1-3H3,(H,30,31). The number of carbonyl (C=O) groups is 1. The van der Waals surface area contributed by atoms with E-state index in [9.17, 15) is 9.90 Å². The Morgan fingerprint density at radius 2 is 1.88 bits per heavy atom. The Morgan fingerprint density at radius 1 is 1.09 bits per heavy atom. The second-order valence-corrected chi connectivity index (χ2v) is 7.81. The Balaban J connectivity index is 1.79. The van der Waals surface area contributed by atoms with E-state index in [2.05, 4.69) is 15.1 Å². The van der Waals surface area contributed by atoms with Crippen LogP contribution >= 0.6 is 0 Å². The molecule has 0 amide bonds. The summed E-state index contributed by atoms with van der Waals surface area (Å²) in [5.74, 6) is -0.330. The molecular formula is C25H22N4O4. The minimum absolute atomic E-state index is 0.223. The van der Waals surface area contributed by atoms with Crippen molar-refractivity contribution in [1.29, 1.82) is 0 Å². The molecule has 3 aromatic heterocycles.